The van der Waals surface area contributed by atoms with Crippen LogP contribution in [0.4, 0.5) is 26.3 Å². The highest BCUT2D eigenvalue weighted by Gasteiger charge is 2.46. The van der Waals surface area contributed by atoms with Crippen molar-refractivity contribution in [2.45, 2.75) is 43.2 Å². The predicted molar refractivity (Wildman–Crippen MR) is 148 cm³/mol. The first-order chi connectivity index (χ1) is 20.3. The first kappa shape index (κ1) is 31.9. The second-order valence-electron chi connectivity index (χ2n) is 9.54. The third kappa shape index (κ3) is 9.21. The Kier molecular flexibility index (Phi) is 9.99. The number of hydrogen-bond acceptors (Lipinski definition) is 6. The minimum absolute atomic E-state index is 0.148. The van der Waals surface area contributed by atoms with E-state index >= 15 is 0 Å². The van der Waals surface area contributed by atoms with Gasteiger partial charge in [-0.05, 0) is 66.8 Å². The van der Waals surface area contributed by atoms with Gasteiger partial charge in [-0.25, -0.2) is 18.4 Å². The summed E-state index contributed by atoms with van der Waals surface area (Å²) in [4.78, 5) is 8.13. The van der Waals surface area contributed by atoms with Gasteiger partial charge in [0.15, 0.2) is 0 Å². The minimum atomic E-state index is -5.32. The third-order valence-corrected chi connectivity index (χ3v) is 7.70. The van der Waals surface area contributed by atoms with Crippen molar-refractivity contribution in [3.63, 3.8) is 0 Å². The van der Waals surface area contributed by atoms with E-state index in [9.17, 15) is 34.8 Å². The molecular weight excluding hydrogens is 600 g/mol. The number of unbranched alkanes of at least 4 members (excludes halogenated alkanes) is 1. The molecule has 0 amide bonds. The molecule has 1 aliphatic heterocycles. The Balaban J connectivity index is 1.21. The molecular formula is C29H27F6N3O4S. The highest BCUT2D eigenvalue weighted by Crippen LogP contribution is 2.29. The first-order valence-electron chi connectivity index (χ1n) is 13.1. The van der Waals surface area contributed by atoms with E-state index < -0.39 is 32.8 Å². The number of imidazole rings is 1. The van der Waals surface area contributed by atoms with Crippen LogP contribution >= 0.6 is 0 Å². The van der Waals surface area contributed by atoms with Crippen LogP contribution in [-0.2, 0) is 39.5 Å². The third-order valence-electron chi connectivity index (χ3n) is 6.36. The predicted octanol–water partition coefficient (Wildman–Crippen LogP) is 6.76. The minimum Gasteiger partial charge on any atom is -0.487 e. The molecule has 0 bridgehead atoms. The van der Waals surface area contributed by atoms with E-state index in [4.69, 9.17) is 9.47 Å². The molecule has 4 rings (SSSR count). The Hall–Kier alpha value is -4.07. The Morgan fingerprint density at radius 1 is 0.953 bits per heavy atom. The van der Waals surface area contributed by atoms with E-state index in [0.29, 0.717) is 48.7 Å². The number of aliphatic imine (C=N–C) groups is 1. The number of sulfone groups is 1. The van der Waals surface area contributed by atoms with Gasteiger partial charge in [0.25, 0.3) is 9.84 Å². The van der Waals surface area contributed by atoms with E-state index in [2.05, 4.69) is 9.98 Å². The molecule has 0 aliphatic carbocycles. The van der Waals surface area contributed by atoms with Crippen LogP contribution < -0.4 is 4.74 Å². The lowest BCUT2D eigenvalue weighted by molar-refractivity contribution is -0.137. The number of hydrogen-bond donors (Lipinski definition) is 0. The molecule has 0 unspecified atom stereocenters. The van der Waals surface area contributed by atoms with Crippen LogP contribution in [0.3, 0.4) is 0 Å². The van der Waals surface area contributed by atoms with Crippen LogP contribution in [-0.4, -0.2) is 42.6 Å². The highest BCUT2D eigenvalue weighted by atomic mass is 32.2. The molecule has 230 valence electrons. The second-order valence-corrected chi connectivity index (χ2v) is 11.5. The highest BCUT2D eigenvalue weighted by molar-refractivity contribution is 7.91. The number of ether oxygens (including phenoxy) is 2. The van der Waals surface area contributed by atoms with Crippen LogP contribution in [0.15, 0.2) is 83.8 Å². The summed E-state index contributed by atoms with van der Waals surface area (Å²) in [6, 6.07) is 12.1. The Labute approximate surface area is 244 Å². The van der Waals surface area contributed by atoms with E-state index in [1.54, 1.807) is 30.4 Å². The summed E-state index contributed by atoms with van der Waals surface area (Å²) in [5.41, 5.74) is -3.83. The number of nitrogens with zero attached hydrogens (tertiary/aromatic N) is 3. The van der Waals surface area contributed by atoms with Gasteiger partial charge in [0.2, 0.25) is 5.90 Å². The number of halogens is 6. The summed E-state index contributed by atoms with van der Waals surface area (Å²) in [6.07, 6.45) is 5.31. The molecule has 0 atom stereocenters. The fraction of sp³-hybridized carbons (Fsp3) is 0.310. The molecule has 0 N–H and O–H groups in total. The van der Waals surface area contributed by atoms with Crippen molar-refractivity contribution in [1.82, 2.24) is 9.55 Å². The fourth-order valence-electron chi connectivity index (χ4n) is 4.03. The first-order valence-corrected chi connectivity index (χ1v) is 14.7. The summed E-state index contributed by atoms with van der Waals surface area (Å²) in [5.74, 6) is -0.422. The normalized spacial score (nSPS) is 14.4. The number of benzene rings is 2. The maximum absolute atomic E-state index is 12.7. The van der Waals surface area contributed by atoms with E-state index in [0.717, 1.165) is 17.7 Å². The summed E-state index contributed by atoms with van der Waals surface area (Å²) >= 11 is 0. The number of aryl methyl sites for hydroxylation is 2. The van der Waals surface area contributed by atoms with Crippen LogP contribution in [0.1, 0.15) is 35.4 Å². The summed E-state index contributed by atoms with van der Waals surface area (Å²) < 4.78 is 112. The van der Waals surface area contributed by atoms with Crippen molar-refractivity contribution in [3.05, 3.63) is 101 Å². The fourth-order valence-corrected chi connectivity index (χ4v) is 4.77. The van der Waals surface area contributed by atoms with Crippen molar-refractivity contribution in [1.29, 1.82) is 0 Å². The lowest BCUT2D eigenvalue weighted by Gasteiger charge is -2.13. The Morgan fingerprint density at radius 2 is 1.67 bits per heavy atom. The second kappa shape index (κ2) is 13.5. The smallest absolute Gasteiger partial charge is 0.487 e. The molecule has 0 fully saturated rings. The van der Waals surface area contributed by atoms with Crippen molar-refractivity contribution in [2.75, 3.05) is 13.2 Å². The van der Waals surface area contributed by atoms with Crippen molar-refractivity contribution < 1.29 is 44.2 Å². The van der Waals surface area contributed by atoms with Crippen molar-refractivity contribution >= 4 is 21.8 Å². The molecule has 43 heavy (non-hydrogen) atoms. The summed E-state index contributed by atoms with van der Waals surface area (Å²) in [7, 11) is -5.30. The molecule has 3 aromatic rings. The Morgan fingerprint density at radius 3 is 2.35 bits per heavy atom. The van der Waals surface area contributed by atoms with Gasteiger partial charge in [-0.15, -0.1) is 0 Å². The maximum Gasteiger partial charge on any atom is 0.497 e. The van der Waals surface area contributed by atoms with E-state index in [-0.39, 0.29) is 19.0 Å². The van der Waals surface area contributed by atoms with Gasteiger partial charge >= 0.3 is 11.7 Å². The van der Waals surface area contributed by atoms with Crippen molar-refractivity contribution in [2.24, 2.45) is 4.99 Å². The van der Waals surface area contributed by atoms with E-state index in [1.165, 1.54) is 29.1 Å². The molecule has 1 aliphatic rings. The van der Waals surface area contributed by atoms with Crippen LogP contribution in [0, 0.1) is 0 Å². The quantitative estimate of drug-likeness (QED) is 0.164. The lowest BCUT2D eigenvalue weighted by atomic mass is 10.1. The van der Waals surface area contributed by atoms with E-state index in [1.807, 2.05) is 12.1 Å². The average molecular weight is 628 g/mol. The van der Waals surface area contributed by atoms with Crippen LogP contribution in [0.2, 0.25) is 0 Å². The Bertz CT molecular complexity index is 1570. The average Bonchev–Trinajstić information content (AvgIpc) is 3.39. The molecule has 0 spiro atoms. The molecule has 1 aromatic heterocycles. The van der Waals surface area contributed by atoms with Gasteiger partial charge in [-0.3, -0.25) is 0 Å². The SMILES string of the molecule is O=S(=O)(Cc1nccn1CCCCc1ccc(OCC2=CCOC(/C=C/c3ccc(C(F)(F)F)cc3)=N2)cc1)C(F)(F)F. The van der Waals surface area contributed by atoms with Crippen LogP contribution in [0.25, 0.3) is 6.08 Å². The number of aromatic nitrogens is 2. The zero-order valence-electron chi connectivity index (χ0n) is 22.6. The zero-order chi connectivity index (χ0) is 31.1. The molecule has 2 heterocycles. The van der Waals surface area contributed by atoms with Gasteiger partial charge in [-0.2, -0.15) is 26.3 Å². The van der Waals surface area contributed by atoms with Crippen LogP contribution in [0.5, 0.6) is 5.75 Å². The standard InChI is InChI=1S/C29H27F6N3O4S/c30-28(31,32)23-9-4-22(5-10-23)8-13-27-37-24(14-18-41-27)19-42-25-11-6-21(7-12-25)3-1-2-16-38-17-15-36-26(38)20-43(39,40)29(33,34)35/h4-15,17H,1-3,16,18-20H2/b13-8+. The van der Waals surface area contributed by atoms with Gasteiger partial charge in [-0.1, -0.05) is 24.3 Å². The number of alkyl halides is 6. The molecule has 2 aromatic carbocycles. The van der Waals surface area contributed by atoms with Gasteiger partial charge in [0, 0.05) is 25.0 Å². The topological polar surface area (TPSA) is 82.8 Å². The summed E-state index contributed by atoms with van der Waals surface area (Å²) in [6.45, 7) is 0.787. The molecule has 14 heteroatoms. The molecule has 0 radical (unpaired) electrons. The monoisotopic (exact) mass is 627 g/mol. The number of rotatable bonds is 12. The maximum atomic E-state index is 12.7. The largest absolute Gasteiger partial charge is 0.497 e. The van der Waals surface area contributed by atoms with Gasteiger partial charge in [0.1, 0.15) is 30.5 Å². The molecule has 0 saturated carbocycles. The molecule has 7 nitrogen and oxygen atoms in total. The van der Waals surface area contributed by atoms with Gasteiger partial charge in [0.05, 0.1) is 11.3 Å². The zero-order valence-corrected chi connectivity index (χ0v) is 23.4. The lowest BCUT2D eigenvalue weighted by Crippen LogP contribution is -2.26. The summed E-state index contributed by atoms with van der Waals surface area (Å²) in [5, 5.41) is 0. The molecule has 0 saturated heterocycles. The van der Waals surface area contributed by atoms with Crippen molar-refractivity contribution in [3.8, 4) is 5.75 Å². The van der Waals surface area contributed by atoms with Gasteiger partial charge < -0.3 is 14.0 Å².